The molecule has 0 amide bonds. The molecular formula is C8H15N5S. The lowest BCUT2D eigenvalue weighted by atomic mass is 10.4. The molecular weight excluding hydrogens is 198 g/mol. The maximum Gasteiger partial charge on any atom is 0.208 e. The van der Waals surface area contributed by atoms with Gasteiger partial charge in [-0.2, -0.15) is 0 Å². The van der Waals surface area contributed by atoms with Crippen LogP contribution in [0.25, 0.3) is 0 Å². The highest BCUT2D eigenvalue weighted by Crippen LogP contribution is 2.03. The van der Waals surface area contributed by atoms with Crippen molar-refractivity contribution in [3.05, 3.63) is 16.6 Å². The molecule has 0 radical (unpaired) electrons. The number of hydrazine groups is 1. The normalized spacial score (nSPS) is 11.5. The van der Waals surface area contributed by atoms with Gasteiger partial charge in [-0.25, -0.2) is 10.8 Å². The van der Waals surface area contributed by atoms with Crippen LogP contribution in [0, 0.1) is 0 Å². The van der Waals surface area contributed by atoms with Crippen LogP contribution in [0.1, 0.15) is 12.6 Å². The monoisotopic (exact) mass is 213 g/mol. The van der Waals surface area contributed by atoms with Crippen molar-refractivity contribution in [1.82, 2.24) is 15.3 Å². The number of rotatable bonds is 3. The fourth-order valence-electron chi connectivity index (χ4n) is 1.06. The third-order valence-corrected chi connectivity index (χ3v) is 2.32. The minimum atomic E-state index is 0.681. The summed E-state index contributed by atoms with van der Waals surface area (Å²) in [4.78, 5) is 10.3. The van der Waals surface area contributed by atoms with Crippen LogP contribution >= 0.6 is 11.3 Å². The Kier molecular flexibility index (Phi) is 4.34. The topological polar surface area (TPSA) is 66.5 Å². The number of hydrogen-bond donors (Lipinski definition) is 2. The molecule has 0 atom stereocenters. The molecule has 1 aromatic rings. The van der Waals surface area contributed by atoms with E-state index in [9.17, 15) is 0 Å². The molecule has 0 bridgehead atoms. The highest BCUT2D eigenvalue weighted by atomic mass is 32.1. The van der Waals surface area contributed by atoms with E-state index in [1.54, 1.807) is 11.3 Å². The molecule has 0 aromatic carbocycles. The summed E-state index contributed by atoms with van der Waals surface area (Å²) in [5.41, 5.74) is 5.41. The molecule has 3 N–H and O–H groups in total. The maximum atomic E-state index is 5.35. The first kappa shape index (κ1) is 10.9. The van der Waals surface area contributed by atoms with Crippen LogP contribution in [0.3, 0.4) is 0 Å². The van der Waals surface area contributed by atoms with E-state index in [0.717, 1.165) is 5.69 Å². The number of guanidine groups is 1. The first-order valence-corrected chi connectivity index (χ1v) is 5.31. The molecule has 1 rings (SSSR count). The lowest BCUT2D eigenvalue weighted by molar-refractivity contribution is 0.472. The standard InChI is InChI=1S/C8H15N5S/c1-3-10-8(12-9)13(2)4-7-5-14-6-11-7/h5-6H,3-4,9H2,1-2H3,(H,10,12). The molecule has 5 nitrogen and oxygen atoms in total. The van der Waals surface area contributed by atoms with Crippen molar-refractivity contribution in [2.45, 2.75) is 13.5 Å². The second kappa shape index (κ2) is 5.56. The molecule has 0 aliphatic heterocycles. The quantitative estimate of drug-likeness (QED) is 0.330. The van der Waals surface area contributed by atoms with Gasteiger partial charge in [-0.15, -0.1) is 11.3 Å². The van der Waals surface area contributed by atoms with Crippen LogP contribution in [0.2, 0.25) is 0 Å². The van der Waals surface area contributed by atoms with Gasteiger partial charge in [-0.05, 0) is 6.92 Å². The smallest absolute Gasteiger partial charge is 0.208 e. The summed E-state index contributed by atoms with van der Waals surface area (Å²) < 4.78 is 0. The largest absolute Gasteiger partial charge is 0.339 e. The van der Waals surface area contributed by atoms with Gasteiger partial charge in [0, 0.05) is 19.0 Å². The first-order valence-electron chi connectivity index (χ1n) is 4.37. The number of thiazole rings is 1. The predicted molar refractivity (Wildman–Crippen MR) is 58.9 cm³/mol. The van der Waals surface area contributed by atoms with Crippen molar-refractivity contribution in [3.8, 4) is 0 Å². The van der Waals surface area contributed by atoms with E-state index in [1.807, 2.05) is 29.8 Å². The van der Waals surface area contributed by atoms with E-state index in [-0.39, 0.29) is 0 Å². The molecule has 14 heavy (non-hydrogen) atoms. The highest BCUT2D eigenvalue weighted by Gasteiger charge is 2.05. The van der Waals surface area contributed by atoms with Gasteiger partial charge in [0.1, 0.15) is 0 Å². The number of hydrogen-bond acceptors (Lipinski definition) is 4. The lowest BCUT2D eigenvalue weighted by Gasteiger charge is -2.19. The van der Waals surface area contributed by atoms with Crippen LogP contribution in [0.4, 0.5) is 0 Å². The molecule has 0 spiro atoms. The Labute approximate surface area is 87.6 Å². The van der Waals surface area contributed by atoms with E-state index in [4.69, 9.17) is 5.84 Å². The zero-order valence-corrected chi connectivity index (χ0v) is 9.21. The minimum Gasteiger partial charge on any atom is -0.339 e. The Balaban J connectivity index is 2.56. The second-order valence-electron chi connectivity index (χ2n) is 2.78. The molecule has 0 aliphatic carbocycles. The fourth-order valence-corrected chi connectivity index (χ4v) is 1.61. The third-order valence-electron chi connectivity index (χ3n) is 1.68. The molecule has 0 saturated carbocycles. The van der Waals surface area contributed by atoms with Gasteiger partial charge in [-0.1, -0.05) is 0 Å². The number of nitrogens with one attached hydrogen (secondary N) is 1. The van der Waals surface area contributed by atoms with Crippen LogP contribution in [0.15, 0.2) is 15.9 Å². The lowest BCUT2D eigenvalue weighted by Crippen LogP contribution is -2.42. The van der Waals surface area contributed by atoms with Gasteiger partial charge in [0.15, 0.2) is 0 Å². The van der Waals surface area contributed by atoms with Crippen LogP contribution in [-0.2, 0) is 6.54 Å². The Morgan fingerprint density at radius 1 is 1.79 bits per heavy atom. The van der Waals surface area contributed by atoms with E-state index >= 15 is 0 Å². The maximum absolute atomic E-state index is 5.35. The average molecular weight is 213 g/mol. The van der Waals surface area contributed by atoms with Crippen LogP contribution in [-0.4, -0.2) is 29.4 Å². The van der Waals surface area contributed by atoms with Gasteiger partial charge in [0.2, 0.25) is 5.96 Å². The van der Waals surface area contributed by atoms with Gasteiger partial charge >= 0.3 is 0 Å². The molecule has 0 aliphatic rings. The summed E-state index contributed by atoms with van der Waals surface area (Å²) >= 11 is 1.58. The summed E-state index contributed by atoms with van der Waals surface area (Å²) in [6.07, 6.45) is 0. The van der Waals surface area contributed by atoms with Crippen molar-refractivity contribution in [1.29, 1.82) is 0 Å². The van der Waals surface area contributed by atoms with Crippen molar-refractivity contribution in [2.75, 3.05) is 13.6 Å². The number of nitrogens with zero attached hydrogens (tertiary/aromatic N) is 3. The van der Waals surface area contributed by atoms with Crippen LogP contribution < -0.4 is 11.3 Å². The predicted octanol–water partition coefficient (Wildman–Crippen LogP) is 0.414. The number of nitrogens with two attached hydrogens (primary N) is 1. The Morgan fingerprint density at radius 2 is 2.57 bits per heavy atom. The molecule has 0 unspecified atom stereocenters. The molecule has 0 saturated heterocycles. The zero-order valence-electron chi connectivity index (χ0n) is 8.40. The van der Waals surface area contributed by atoms with Gasteiger partial charge in [0.05, 0.1) is 17.7 Å². The van der Waals surface area contributed by atoms with Crippen molar-refractivity contribution < 1.29 is 0 Å². The van der Waals surface area contributed by atoms with Crippen molar-refractivity contribution in [3.63, 3.8) is 0 Å². The van der Waals surface area contributed by atoms with Crippen LogP contribution in [0.5, 0.6) is 0 Å². The molecule has 1 aromatic heterocycles. The van der Waals surface area contributed by atoms with E-state index < -0.39 is 0 Å². The highest BCUT2D eigenvalue weighted by molar-refractivity contribution is 7.07. The number of aliphatic imine (C=N–C) groups is 1. The summed E-state index contributed by atoms with van der Waals surface area (Å²) in [5, 5.41) is 2.01. The molecule has 78 valence electrons. The number of aromatic nitrogens is 1. The van der Waals surface area contributed by atoms with Gasteiger partial charge in [0.25, 0.3) is 0 Å². The SMILES string of the molecule is CCN=C(NN)N(C)Cc1cscn1. The van der Waals surface area contributed by atoms with Crippen molar-refractivity contribution in [2.24, 2.45) is 10.8 Å². The summed E-state index contributed by atoms with van der Waals surface area (Å²) in [6.45, 7) is 3.39. The van der Waals surface area contributed by atoms with Gasteiger partial charge in [-0.3, -0.25) is 10.4 Å². The van der Waals surface area contributed by atoms with Gasteiger partial charge < -0.3 is 4.90 Å². The Morgan fingerprint density at radius 3 is 3.07 bits per heavy atom. The molecule has 0 fully saturated rings. The average Bonchev–Trinajstić information content (AvgIpc) is 2.66. The second-order valence-corrected chi connectivity index (χ2v) is 3.50. The Hall–Kier alpha value is -1.14. The first-order chi connectivity index (χ1) is 6.77. The van der Waals surface area contributed by atoms with E-state index in [2.05, 4.69) is 15.4 Å². The third kappa shape index (κ3) is 2.97. The summed E-state index contributed by atoms with van der Waals surface area (Å²) in [6, 6.07) is 0. The molecule has 6 heteroatoms. The zero-order chi connectivity index (χ0) is 10.4. The minimum absolute atomic E-state index is 0.681. The fraction of sp³-hybridized carbons (Fsp3) is 0.500. The summed E-state index contributed by atoms with van der Waals surface area (Å²) in [5.74, 6) is 6.03. The van der Waals surface area contributed by atoms with Crippen molar-refractivity contribution >= 4 is 17.3 Å². The van der Waals surface area contributed by atoms with E-state index in [1.165, 1.54) is 0 Å². The van der Waals surface area contributed by atoms with E-state index in [0.29, 0.717) is 19.0 Å². The summed E-state index contributed by atoms with van der Waals surface area (Å²) in [7, 11) is 1.92. The Bertz CT molecular complexity index is 282. The molecule has 1 heterocycles.